The van der Waals surface area contributed by atoms with Crippen LogP contribution in [0.2, 0.25) is 0 Å². The Morgan fingerprint density at radius 3 is 2.44 bits per heavy atom. The van der Waals surface area contributed by atoms with Gasteiger partial charge in [-0.25, -0.2) is 17.4 Å². The molecule has 2 fully saturated rings. The predicted octanol–water partition coefficient (Wildman–Crippen LogP) is 0.752. The van der Waals surface area contributed by atoms with Crippen molar-refractivity contribution in [2.75, 3.05) is 19.3 Å². The highest BCUT2D eigenvalue weighted by Gasteiger charge is 2.29. The molecule has 2 aliphatic rings. The molecular weight excluding hydrogens is 252 g/mol. The lowest BCUT2D eigenvalue weighted by molar-refractivity contribution is 0.259. The molecule has 100 valence electrons. The van der Waals surface area contributed by atoms with Gasteiger partial charge in [0.1, 0.15) is 0 Å². The lowest BCUT2D eigenvalue weighted by atomic mass is 10.1. The van der Waals surface area contributed by atoms with Crippen LogP contribution in [0, 0.1) is 0 Å². The van der Waals surface area contributed by atoms with Gasteiger partial charge in [-0.2, -0.15) is 0 Å². The summed E-state index contributed by atoms with van der Waals surface area (Å²) in [4.78, 5) is 0. The number of aromatic nitrogens is 3. The van der Waals surface area contributed by atoms with Gasteiger partial charge in [-0.15, -0.1) is 5.10 Å². The van der Waals surface area contributed by atoms with Crippen molar-refractivity contribution in [1.82, 2.24) is 19.3 Å². The minimum atomic E-state index is -3.04. The summed E-state index contributed by atoms with van der Waals surface area (Å²) < 4.78 is 26.3. The van der Waals surface area contributed by atoms with E-state index in [0.29, 0.717) is 25.0 Å². The zero-order chi connectivity index (χ0) is 12.8. The SMILES string of the molecule is CS(=O)(=O)N1CCC(n2cc(C3CC3)nn2)CC1. The second-order valence-corrected chi connectivity index (χ2v) is 7.27. The van der Waals surface area contributed by atoms with Gasteiger partial charge in [0.15, 0.2) is 0 Å². The average Bonchev–Trinajstić information content (AvgIpc) is 3.06. The molecule has 0 radical (unpaired) electrons. The third kappa shape index (κ3) is 2.42. The van der Waals surface area contributed by atoms with Crippen LogP contribution in [0.3, 0.4) is 0 Å². The molecule has 0 spiro atoms. The standard InChI is InChI=1S/C11H18N4O2S/c1-18(16,17)14-6-4-10(5-7-14)15-8-11(12-13-15)9-2-3-9/h8-10H,2-7H2,1H3. The number of sulfonamides is 1. The van der Waals surface area contributed by atoms with E-state index in [2.05, 4.69) is 10.3 Å². The minimum Gasteiger partial charge on any atom is -0.249 e. The van der Waals surface area contributed by atoms with E-state index in [1.807, 2.05) is 10.9 Å². The molecule has 0 N–H and O–H groups in total. The van der Waals surface area contributed by atoms with Crippen molar-refractivity contribution in [3.63, 3.8) is 0 Å². The Morgan fingerprint density at radius 2 is 1.89 bits per heavy atom. The molecule has 0 amide bonds. The number of piperidine rings is 1. The summed E-state index contributed by atoms with van der Waals surface area (Å²) in [5, 5.41) is 8.39. The smallest absolute Gasteiger partial charge is 0.211 e. The molecule has 1 aromatic heterocycles. The van der Waals surface area contributed by atoms with Crippen molar-refractivity contribution in [1.29, 1.82) is 0 Å². The van der Waals surface area contributed by atoms with Crippen LogP contribution in [0.1, 0.15) is 43.3 Å². The van der Waals surface area contributed by atoms with Gasteiger partial charge in [0, 0.05) is 25.2 Å². The molecular formula is C11H18N4O2S. The van der Waals surface area contributed by atoms with E-state index in [4.69, 9.17) is 0 Å². The molecule has 1 aromatic rings. The summed E-state index contributed by atoms with van der Waals surface area (Å²) in [6.45, 7) is 1.17. The molecule has 0 aromatic carbocycles. The summed E-state index contributed by atoms with van der Waals surface area (Å²) >= 11 is 0. The molecule has 0 bridgehead atoms. The molecule has 1 saturated carbocycles. The van der Waals surface area contributed by atoms with Crippen molar-refractivity contribution in [3.8, 4) is 0 Å². The van der Waals surface area contributed by atoms with Crippen molar-refractivity contribution in [3.05, 3.63) is 11.9 Å². The second-order valence-electron chi connectivity index (χ2n) is 5.29. The zero-order valence-corrected chi connectivity index (χ0v) is 11.3. The van der Waals surface area contributed by atoms with Crippen LogP contribution < -0.4 is 0 Å². The molecule has 1 aliphatic carbocycles. The van der Waals surface area contributed by atoms with E-state index in [1.54, 1.807) is 4.31 Å². The molecule has 6 nitrogen and oxygen atoms in total. The summed E-state index contributed by atoms with van der Waals surface area (Å²) in [5.41, 5.74) is 1.10. The predicted molar refractivity (Wildman–Crippen MR) is 66.7 cm³/mol. The second kappa shape index (κ2) is 4.31. The van der Waals surface area contributed by atoms with Crippen LogP contribution in [0.5, 0.6) is 0 Å². The van der Waals surface area contributed by atoms with E-state index in [0.717, 1.165) is 18.5 Å². The van der Waals surface area contributed by atoms with Crippen LogP contribution in [0.15, 0.2) is 6.20 Å². The third-order valence-electron chi connectivity index (χ3n) is 3.79. The van der Waals surface area contributed by atoms with Crippen molar-refractivity contribution < 1.29 is 8.42 Å². The first kappa shape index (κ1) is 12.1. The van der Waals surface area contributed by atoms with E-state index >= 15 is 0 Å². The number of nitrogens with zero attached hydrogens (tertiary/aromatic N) is 4. The van der Waals surface area contributed by atoms with E-state index in [-0.39, 0.29) is 0 Å². The molecule has 1 saturated heterocycles. The Hall–Kier alpha value is -0.950. The van der Waals surface area contributed by atoms with Gasteiger partial charge in [0.05, 0.1) is 18.0 Å². The van der Waals surface area contributed by atoms with Crippen LogP contribution >= 0.6 is 0 Å². The molecule has 3 rings (SSSR count). The lowest BCUT2D eigenvalue weighted by Crippen LogP contribution is -2.38. The van der Waals surface area contributed by atoms with Gasteiger partial charge in [0.25, 0.3) is 0 Å². The van der Waals surface area contributed by atoms with Gasteiger partial charge in [-0.1, -0.05) is 5.21 Å². The molecule has 2 heterocycles. The van der Waals surface area contributed by atoms with Gasteiger partial charge in [-0.05, 0) is 25.7 Å². The van der Waals surface area contributed by atoms with Gasteiger partial charge in [-0.3, -0.25) is 0 Å². The summed E-state index contributed by atoms with van der Waals surface area (Å²) in [5.74, 6) is 0.620. The summed E-state index contributed by atoms with van der Waals surface area (Å²) in [6.07, 6.45) is 7.41. The van der Waals surface area contributed by atoms with Crippen LogP contribution in [0.25, 0.3) is 0 Å². The highest BCUT2D eigenvalue weighted by molar-refractivity contribution is 7.88. The van der Waals surface area contributed by atoms with Crippen molar-refractivity contribution >= 4 is 10.0 Å². The molecule has 0 atom stereocenters. The molecule has 0 unspecified atom stereocenters. The van der Waals surface area contributed by atoms with E-state index in [9.17, 15) is 8.42 Å². The monoisotopic (exact) mass is 270 g/mol. The van der Waals surface area contributed by atoms with E-state index in [1.165, 1.54) is 19.1 Å². The Bertz CT molecular complexity index is 527. The lowest BCUT2D eigenvalue weighted by Gasteiger charge is -2.29. The first-order valence-corrected chi connectivity index (χ1v) is 8.26. The average molecular weight is 270 g/mol. The van der Waals surface area contributed by atoms with Crippen LogP contribution in [0.4, 0.5) is 0 Å². The number of hydrogen-bond acceptors (Lipinski definition) is 4. The Labute approximate surface area is 107 Å². The topological polar surface area (TPSA) is 68.1 Å². The minimum absolute atomic E-state index is 0.294. The van der Waals surface area contributed by atoms with Crippen molar-refractivity contribution in [2.45, 2.75) is 37.6 Å². The summed E-state index contributed by atoms with van der Waals surface area (Å²) in [6, 6.07) is 0.294. The van der Waals surface area contributed by atoms with Gasteiger partial charge < -0.3 is 0 Å². The van der Waals surface area contributed by atoms with Gasteiger partial charge in [0.2, 0.25) is 10.0 Å². The maximum Gasteiger partial charge on any atom is 0.211 e. The largest absolute Gasteiger partial charge is 0.249 e. The molecule has 1 aliphatic heterocycles. The van der Waals surface area contributed by atoms with Crippen LogP contribution in [-0.2, 0) is 10.0 Å². The first-order chi connectivity index (χ1) is 8.54. The summed E-state index contributed by atoms with van der Waals surface area (Å²) in [7, 11) is -3.04. The maximum atomic E-state index is 11.4. The fourth-order valence-corrected chi connectivity index (χ4v) is 3.35. The molecule has 18 heavy (non-hydrogen) atoms. The zero-order valence-electron chi connectivity index (χ0n) is 10.5. The Kier molecular flexibility index (Phi) is 2.90. The first-order valence-electron chi connectivity index (χ1n) is 6.41. The highest BCUT2D eigenvalue weighted by atomic mass is 32.2. The third-order valence-corrected chi connectivity index (χ3v) is 5.09. The number of rotatable bonds is 3. The van der Waals surface area contributed by atoms with Gasteiger partial charge >= 0.3 is 0 Å². The Morgan fingerprint density at radius 1 is 1.22 bits per heavy atom. The maximum absolute atomic E-state index is 11.4. The fraction of sp³-hybridized carbons (Fsp3) is 0.818. The molecule has 7 heteroatoms. The Balaban J connectivity index is 1.64. The fourth-order valence-electron chi connectivity index (χ4n) is 2.47. The quantitative estimate of drug-likeness (QED) is 0.813. The normalized spacial score (nSPS) is 23.4. The van der Waals surface area contributed by atoms with Crippen LogP contribution in [-0.4, -0.2) is 47.1 Å². The van der Waals surface area contributed by atoms with Crippen molar-refractivity contribution in [2.24, 2.45) is 0 Å². The van der Waals surface area contributed by atoms with E-state index < -0.39 is 10.0 Å². The number of hydrogen-bond donors (Lipinski definition) is 0. The highest BCUT2D eigenvalue weighted by Crippen LogP contribution is 2.39.